The van der Waals surface area contributed by atoms with Crippen LogP contribution < -0.4 is 5.32 Å². The first-order valence-electron chi connectivity index (χ1n) is 7.79. The first kappa shape index (κ1) is 14.3. The molecule has 2 rings (SSSR count). The Hall–Kier alpha value is -0.120. The van der Waals surface area contributed by atoms with Crippen LogP contribution in [0.3, 0.4) is 0 Å². The number of likely N-dealkylation sites (N-methyl/N-ethyl adjacent to an activating group) is 2. The van der Waals surface area contributed by atoms with E-state index in [1.165, 1.54) is 51.7 Å². The quantitative estimate of drug-likeness (QED) is 0.827. The predicted octanol–water partition coefficient (Wildman–Crippen LogP) is 1.79. The van der Waals surface area contributed by atoms with E-state index in [0.29, 0.717) is 6.04 Å². The molecule has 1 aliphatic carbocycles. The summed E-state index contributed by atoms with van der Waals surface area (Å²) in [6.07, 6.45) is 7.22. The summed E-state index contributed by atoms with van der Waals surface area (Å²) in [6, 6.07) is 1.55. The Bertz CT molecular complexity index is 238. The van der Waals surface area contributed by atoms with E-state index in [1.807, 2.05) is 0 Å². The van der Waals surface area contributed by atoms with Crippen molar-refractivity contribution in [2.24, 2.45) is 5.92 Å². The standard InChI is InChI=1S/C15H31N3/c1-13-10-17(3)15(9-16-2)12-18(11-13)14-7-5-4-6-8-14/h13-16H,4-12H2,1-3H3. The van der Waals surface area contributed by atoms with Gasteiger partial charge in [0.1, 0.15) is 0 Å². The average molecular weight is 253 g/mol. The Morgan fingerprint density at radius 2 is 1.78 bits per heavy atom. The van der Waals surface area contributed by atoms with Crippen molar-refractivity contribution in [1.29, 1.82) is 0 Å². The van der Waals surface area contributed by atoms with Crippen molar-refractivity contribution >= 4 is 0 Å². The Morgan fingerprint density at radius 1 is 1.06 bits per heavy atom. The molecule has 2 fully saturated rings. The largest absolute Gasteiger partial charge is 0.318 e. The zero-order valence-electron chi connectivity index (χ0n) is 12.5. The van der Waals surface area contributed by atoms with Crippen molar-refractivity contribution < 1.29 is 0 Å². The van der Waals surface area contributed by atoms with Crippen LogP contribution in [0.4, 0.5) is 0 Å². The Labute approximate surface area is 113 Å². The van der Waals surface area contributed by atoms with Gasteiger partial charge in [-0.25, -0.2) is 0 Å². The molecule has 1 saturated carbocycles. The Morgan fingerprint density at radius 3 is 2.44 bits per heavy atom. The first-order valence-corrected chi connectivity index (χ1v) is 7.79. The highest BCUT2D eigenvalue weighted by molar-refractivity contribution is 4.86. The van der Waals surface area contributed by atoms with Gasteiger partial charge in [0, 0.05) is 38.3 Å². The molecule has 18 heavy (non-hydrogen) atoms. The zero-order chi connectivity index (χ0) is 13.0. The molecular formula is C15H31N3. The van der Waals surface area contributed by atoms with Crippen molar-refractivity contribution in [3.05, 3.63) is 0 Å². The monoisotopic (exact) mass is 253 g/mol. The molecule has 1 heterocycles. The van der Waals surface area contributed by atoms with E-state index in [4.69, 9.17) is 0 Å². The van der Waals surface area contributed by atoms with E-state index < -0.39 is 0 Å². The molecule has 0 bridgehead atoms. The fourth-order valence-electron chi connectivity index (χ4n) is 3.78. The minimum absolute atomic E-state index is 0.682. The van der Waals surface area contributed by atoms with Gasteiger partial charge in [-0.1, -0.05) is 26.2 Å². The number of hydrogen-bond donors (Lipinski definition) is 1. The molecule has 3 heteroatoms. The van der Waals surface area contributed by atoms with Gasteiger partial charge in [-0.05, 0) is 32.9 Å². The van der Waals surface area contributed by atoms with Crippen LogP contribution in [0, 0.1) is 5.92 Å². The van der Waals surface area contributed by atoms with Gasteiger partial charge in [0.2, 0.25) is 0 Å². The molecule has 106 valence electrons. The van der Waals surface area contributed by atoms with Crippen LogP contribution in [0.15, 0.2) is 0 Å². The van der Waals surface area contributed by atoms with E-state index in [-0.39, 0.29) is 0 Å². The van der Waals surface area contributed by atoms with Crippen LogP contribution in [0.25, 0.3) is 0 Å². The van der Waals surface area contributed by atoms with E-state index in [9.17, 15) is 0 Å². The van der Waals surface area contributed by atoms with E-state index in [0.717, 1.165) is 18.5 Å². The third-order valence-corrected chi connectivity index (χ3v) is 4.75. The summed E-state index contributed by atoms with van der Waals surface area (Å²) in [5.41, 5.74) is 0. The molecule has 1 aliphatic heterocycles. The maximum atomic E-state index is 3.37. The molecule has 3 nitrogen and oxygen atoms in total. The third kappa shape index (κ3) is 3.69. The number of nitrogens with zero attached hydrogens (tertiary/aromatic N) is 2. The van der Waals surface area contributed by atoms with E-state index in [1.54, 1.807) is 0 Å². The summed E-state index contributed by atoms with van der Waals surface area (Å²) in [5.74, 6) is 0.804. The zero-order valence-corrected chi connectivity index (χ0v) is 12.5. The molecule has 0 radical (unpaired) electrons. The lowest BCUT2D eigenvalue weighted by Crippen LogP contribution is -2.47. The number of rotatable bonds is 3. The Balaban J connectivity index is 1.99. The molecule has 2 aliphatic rings. The second-order valence-electron chi connectivity index (χ2n) is 6.50. The SMILES string of the molecule is CNCC1CN(C2CCCCC2)CC(C)CN1C. The summed E-state index contributed by atoms with van der Waals surface area (Å²) >= 11 is 0. The van der Waals surface area contributed by atoms with Gasteiger partial charge >= 0.3 is 0 Å². The molecule has 2 atom stereocenters. The smallest absolute Gasteiger partial charge is 0.0344 e. The molecule has 0 aromatic heterocycles. The van der Waals surface area contributed by atoms with Crippen LogP contribution in [-0.2, 0) is 0 Å². The fourth-order valence-corrected chi connectivity index (χ4v) is 3.78. The van der Waals surface area contributed by atoms with Gasteiger partial charge in [0.25, 0.3) is 0 Å². The van der Waals surface area contributed by atoms with Gasteiger partial charge in [0.05, 0.1) is 0 Å². The lowest BCUT2D eigenvalue weighted by molar-refractivity contribution is 0.132. The summed E-state index contributed by atoms with van der Waals surface area (Å²) < 4.78 is 0. The van der Waals surface area contributed by atoms with Crippen molar-refractivity contribution in [3.63, 3.8) is 0 Å². The molecular weight excluding hydrogens is 222 g/mol. The average Bonchev–Trinajstić information content (AvgIpc) is 2.51. The summed E-state index contributed by atoms with van der Waals surface area (Å²) in [4.78, 5) is 5.36. The summed E-state index contributed by atoms with van der Waals surface area (Å²) in [6.45, 7) is 7.33. The molecule has 0 aromatic carbocycles. The molecule has 0 aromatic rings. The maximum Gasteiger partial charge on any atom is 0.0344 e. The molecule has 2 unspecified atom stereocenters. The Kier molecular flexibility index (Phi) is 5.46. The van der Waals surface area contributed by atoms with Gasteiger partial charge in [0.15, 0.2) is 0 Å². The van der Waals surface area contributed by atoms with E-state index >= 15 is 0 Å². The van der Waals surface area contributed by atoms with Crippen LogP contribution in [0.5, 0.6) is 0 Å². The highest BCUT2D eigenvalue weighted by Gasteiger charge is 2.30. The van der Waals surface area contributed by atoms with E-state index in [2.05, 4.69) is 36.1 Å². The van der Waals surface area contributed by atoms with Crippen molar-refractivity contribution in [2.45, 2.75) is 51.1 Å². The summed E-state index contributed by atoms with van der Waals surface area (Å²) in [7, 11) is 4.37. The highest BCUT2D eigenvalue weighted by Crippen LogP contribution is 2.25. The predicted molar refractivity (Wildman–Crippen MR) is 78.0 cm³/mol. The van der Waals surface area contributed by atoms with Gasteiger partial charge < -0.3 is 10.2 Å². The minimum Gasteiger partial charge on any atom is -0.318 e. The first-order chi connectivity index (χ1) is 8.70. The normalized spacial score (nSPS) is 33.5. The second-order valence-corrected chi connectivity index (χ2v) is 6.50. The van der Waals surface area contributed by atoms with Crippen LogP contribution in [-0.4, -0.2) is 62.2 Å². The molecule has 0 spiro atoms. The van der Waals surface area contributed by atoms with Crippen LogP contribution >= 0.6 is 0 Å². The molecule has 1 N–H and O–H groups in total. The number of nitrogens with one attached hydrogen (secondary N) is 1. The van der Waals surface area contributed by atoms with Crippen LogP contribution in [0.2, 0.25) is 0 Å². The lowest BCUT2D eigenvalue weighted by atomic mass is 9.93. The maximum absolute atomic E-state index is 3.37. The molecule has 0 amide bonds. The van der Waals surface area contributed by atoms with Gasteiger partial charge in [-0.2, -0.15) is 0 Å². The van der Waals surface area contributed by atoms with Crippen molar-refractivity contribution in [2.75, 3.05) is 40.3 Å². The molecule has 1 saturated heterocycles. The second kappa shape index (κ2) is 6.88. The number of hydrogen-bond acceptors (Lipinski definition) is 3. The van der Waals surface area contributed by atoms with Crippen molar-refractivity contribution in [1.82, 2.24) is 15.1 Å². The minimum atomic E-state index is 0.682. The third-order valence-electron chi connectivity index (χ3n) is 4.75. The van der Waals surface area contributed by atoms with Gasteiger partial charge in [-0.3, -0.25) is 4.90 Å². The van der Waals surface area contributed by atoms with Crippen LogP contribution in [0.1, 0.15) is 39.0 Å². The fraction of sp³-hybridized carbons (Fsp3) is 1.00. The summed E-state index contributed by atoms with van der Waals surface area (Å²) in [5, 5.41) is 3.37. The van der Waals surface area contributed by atoms with Crippen molar-refractivity contribution in [3.8, 4) is 0 Å². The lowest BCUT2D eigenvalue weighted by Gasteiger charge is -2.36. The topological polar surface area (TPSA) is 18.5 Å². The highest BCUT2D eigenvalue weighted by atomic mass is 15.3. The van der Waals surface area contributed by atoms with Gasteiger partial charge in [-0.15, -0.1) is 0 Å².